The Labute approximate surface area is 325 Å². The summed E-state index contributed by atoms with van der Waals surface area (Å²) in [5.41, 5.74) is 9.43. The van der Waals surface area contributed by atoms with Crippen LogP contribution in [0.15, 0.2) is 113 Å². The first kappa shape index (κ1) is 45.3. The third-order valence-corrected chi connectivity index (χ3v) is 11.5. The molecule has 4 aromatic rings. The van der Waals surface area contributed by atoms with E-state index in [-0.39, 0.29) is 38.8 Å². The Morgan fingerprint density at radius 2 is 1.48 bits per heavy atom. The molecule has 1 aromatic heterocycles. The summed E-state index contributed by atoms with van der Waals surface area (Å²) < 4.78 is 104. The molecular formula is C28H28N7O16S5+. The van der Waals surface area contributed by atoms with E-state index in [4.69, 9.17) is 26.0 Å². The molecule has 0 atom stereocenters. The fraction of sp³-hybridized carbons (Fsp3) is 0.107. The highest BCUT2D eigenvalue weighted by Crippen LogP contribution is 2.43. The van der Waals surface area contributed by atoms with Crippen molar-refractivity contribution >= 4 is 100 Å². The summed E-state index contributed by atoms with van der Waals surface area (Å²) in [7, 11) is -13.9. The van der Waals surface area contributed by atoms with Gasteiger partial charge in [-0.1, -0.05) is 5.04 Å². The monoisotopic (exact) mass is 878 g/mol. The number of carbonyl (C=O) groups is 2. The summed E-state index contributed by atoms with van der Waals surface area (Å²) in [4.78, 5) is 21.0. The van der Waals surface area contributed by atoms with Crippen LogP contribution in [0.25, 0.3) is 0 Å². The molecule has 56 heavy (non-hydrogen) atoms. The van der Waals surface area contributed by atoms with E-state index in [1.807, 2.05) is 0 Å². The van der Waals surface area contributed by atoms with Crippen molar-refractivity contribution in [1.29, 1.82) is 0 Å². The van der Waals surface area contributed by atoms with Crippen molar-refractivity contribution in [3.8, 4) is 0 Å². The number of sulfone groups is 1. The van der Waals surface area contributed by atoms with Gasteiger partial charge in [0.1, 0.15) is 43.9 Å². The molecule has 28 heteroatoms. The normalized spacial score (nSPS) is 12.1. The average molecular weight is 879 g/mol. The lowest BCUT2D eigenvalue weighted by Gasteiger charge is -2.11. The van der Waals surface area contributed by atoms with Gasteiger partial charge < -0.3 is 26.2 Å². The Balaban J connectivity index is 0.00000841. The molecule has 0 radical (unpaired) electrons. The second kappa shape index (κ2) is 19.1. The van der Waals surface area contributed by atoms with Gasteiger partial charge in [0.25, 0.3) is 20.2 Å². The Bertz CT molecular complexity index is 2500. The van der Waals surface area contributed by atoms with Crippen LogP contribution in [0.2, 0.25) is 0 Å². The van der Waals surface area contributed by atoms with E-state index in [9.17, 15) is 43.9 Å². The molecule has 0 aliphatic heterocycles. The highest BCUT2D eigenvalue weighted by Gasteiger charge is 2.24. The van der Waals surface area contributed by atoms with E-state index in [2.05, 4.69) is 29.8 Å². The second-order valence-corrected chi connectivity index (χ2v) is 16.8. The molecular weight excluding hydrogens is 851 g/mol. The van der Waals surface area contributed by atoms with E-state index in [1.165, 1.54) is 59.4 Å². The summed E-state index contributed by atoms with van der Waals surface area (Å²) in [5.74, 6) is -2.87. The van der Waals surface area contributed by atoms with Crippen LogP contribution in [0.5, 0.6) is 0 Å². The van der Waals surface area contributed by atoms with Crippen LogP contribution in [0.4, 0.5) is 34.1 Å². The average Bonchev–Trinajstić information content (AvgIpc) is 3.12. The van der Waals surface area contributed by atoms with Crippen molar-refractivity contribution in [1.82, 2.24) is 0 Å². The van der Waals surface area contributed by atoms with Gasteiger partial charge in [-0.2, -0.15) is 21.9 Å². The molecule has 10 N–H and O–H groups in total. The van der Waals surface area contributed by atoms with E-state index in [0.29, 0.717) is 30.2 Å². The number of rotatable bonds is 17. The number of carboxylic acids is 1. The molecule has 0 bridgehead atoms. The number of aryl methyl sites for hydroxylation is 1. The SMILES string of the molecule is Nc1c(N=Nc2ccc(SOC(=O)CSOOO)cc2S(=O)(=O)O)cc(S(=O)(=O)O)c(N)c1N=Nc1ccc(S(=O)(=O)CC[n+]2cccc(C(=O)O)c2)cc1.O. The van der Waals surface area contributed by atoms with Crippen LogP contribution >= 0.6 is 24.1 Å². The maximum Gasteiger partial charge on any atom is 0.341 e. The smallest absolute Gasteiger partial charge is 0.341 e. The summed E-state index contributed by atoms with van der Waals surface area (Å²) in [6.45, 7) is -0.0498. The van der Waals surface area contributed by atoms with Crippen LogP contribution in [0.1, 0.15) is 10.4 Å². The molecule has 0 saturated heterocycles. The number of hydrogen-bond donors (Lipinski definition) is 6. The van der Waals surface area contributed by atoms with Crippen LogP contribution in [0, 0.1) is 0 Å². The summed E-state index contributed by atoms with van der Waals surface area (Å²) in [5, 5.41) is 35.9. The van der Waals surface area contributed by atoms with Gasteiger partial charge in [-0.15, -0.1) is 19.7 Å². The number of nitrogens with two attached hydrogens (primary N) is 2. The van der Waals surface area contributed by atoms with Crippen LogP contribution in [-0.2, 0) is 55.0 Å². The van der Waals surface area contributed by atoms with E-state index >= 15 is 0 Å². The molecule has 0 saturated carbocycles. The lowest BCUT2D eigenvalue weighted by atomic mass is 10.2. The molecule has 0 aliphatic rings. The Hall–Kier alpha value is -5.14. The number of pyridine rings is 1. The van der Waals surface area contributed by atoms with Gasteiger partial charge in [0, 0.05) is 23.0 Å². The molecule has 0 aliphatic carbocycles. The maximum absolute atomic E-state index is 12.9. The summed E-state index contributed by atoms with van der Waals surface area (Å²) >= 11 is 0.772. The molecule has 300 valence electrons. The number of anilines is 2. The van der Waals surface area contributed by atoms with Gasteiger partial charge in [0.05, 0.1) is 34.0 Å². The number of hydrogen-bond acceptors (Lipinski definition) is 20. The first-order valence-corrected chi connectivity index (χ1v) is 20.7. The van der Waals surface area contributed by atoms with Gasteiger partial charge >= 0.3 is 11.9 Å². The number of carboxylic acid groups (broad SMARTS) is 1. The number of aromatic carboxylic acids is 1. The standard InChI is InChI=1S/C28H25N7O15S5.H2O/c29-25-21(33-32-20-8-5-18(12-22(20)54(42,43)44)52-48-24(36)15-51-50-49-39)13-23(55(45,46)47)26(30)27(25)34-31-17-3-6-19(7-4-17)53(40,41)11-10-35-9-1-2-16(14-35)28(37)38;/h1-9,12-14H,10-11,15,29-30H2,(H3-,37,38,39,42,43,44,45,46,47);1H2/p+1. The lowest BCUT2D eigenvalue weighted by Crippen LogP contribution is -2.37. The largest absolute Gasteiger partial charge is 0.477 e. The summed E-state index contributed by atoms with van der Waals surface area (Å²) in [6, 6.07) is 11.6. The van der Waals surface area contributed by atoms with Crippen molar-refractivity contribution in [2.45, 2.75) is 26.1 Å². The molecule has 0 unspecified atom stereocenters. The number of carbonyl (C=O) groups excluding carboxylic acids is 1. The van der Waals surface area contributed by atoms with Gasteiger partial charge in [-0.25, -0.2) is 23.0 Å². The van der Waals surface area contributed by atoms with Crippen LogP contribution < -0.4 is 16.0 Å². The van der Waals surface area contributed by atoms with Crippen molar-refractivity contribution in [2.24, 2.45) is 20.5 Å². The Kier molecular flexibility index (Phi) is 15.5. The quantitative estimate of drug-likeness (QED) is 0.0129. The van der Waals surface area contributed by atoms with Gasteiger partial charge in [0.15, 0.2) is 28.8 Å². The highest BCUT2D eigenvalue weighted by atomic mass is 32.2. The predicted octanol–water partition coefficient (Wildman–Crippen LogP) is 3.43. The zero-order valence-corrected chi connectivity index (χ0v) is 31.8. The molecule has 3 aromatic carbocycles. The molecule has 1 heterocycles. The number of benzene rings is 3. The number of nitrogen functional groups attached to an aromatic ring is 2. The third kappa shape index (κ3) is 12.2. The lowest BCUT2D eigenvalue weighted by molar-refractivity contribution is -0.692. The van der Waals surface area contributed by atoms with E-state index in [0.717, 1.165) is 12.1 Å². The van der Waals surface area contributed by atoms with E-state index < -0.39 is 86.0 Å². The van der Waals surface area contributed by atoms with Gasteiger partial charge in [-0.05, 0) is 54.6 Å². The first-order valence-electron chi connectivity index (χ1n) is 14.5. The summed E-state index contributed by atoms with van der Waals surface area (Å²) in [6.07, 6.45) is 2.80. The molecule has 0 amide bonds. The predicted molar refractivity (Wildman–Crippen MR) is 195 cm³/mol. The second-order valence-electron chi connectivity index (χ2n) is 10.4. The zero-order valence-electron chi connectivity index (χ0n) is 27.8. The zero-order chi connectivity index (χ0) is 40.6. The van der Waals surface area contributed by atoms with Crippen molar-refractivity contribution in [3.05, 3.63) is 78.6 Å². The molecule has 23 nitrogen and oxygen atoms in total. The minimum absolute atomic E-state index is 0. The van der Waals surface area contributed by atoms with Gasteiger partial charge in [0.2, 0.25) is 0 Å². The van der Waals surface area contributed by atoms with Crippen molar-refractivity contribution in [3.63, 3.8) is 0 Å². The molecule has 4 rings (SSSR count). The highest BCUT2D eigenvalue weighted by molar-refractivity contribution is 7.96. The number of nitrogens with zero attached hydrogens (tertiary/aromatic N) is 5. The van der Waals surface area contributed by atoms with Gasteiger partial charge in [-0.3, -0.25) is 13.9 Å². The topological polar surface area (TPSA) is 382 Å². The number of azo groups is 2. The molecule has 0 fully saturated rings. The minimum Gasteiger partial charge on any atom is -0.477 e. The maximum atomic E-state index is 12.9. The van der Waals surface area contributed by atoms with Crippen LogP contribution in [0.3, 0.4) is 0 Å². The Morgan fingerprint density at radius 3 is 2.11 bits per heavy atom. The fourth-order valence-electron chi connectivity index (χ4n) is 4.18. The van der Waals surface area contributed by atoms with Crippen molar-refractivity contribution < 1.29 is 77.9 Å². The molecule has 0 spiro atoms. The number of aromatic nitrogens is 1. The van der Waals surface area contributed by atoms with Crippen LogP contribution in [-0.4, -0.2) is 73.6 Å². The third-order valence-electron chi connectivity index (χ3n) is 6.74. The van der Waals surface area contributed by atoms with Crippen molar-refractivity contribution in [2.75, 3.05) is 23.0 Å². The fourth-order valence-corrected chi connectivity index (χ4v) is 7.64. The minimum atomic E-state index is -5.06. The first-order chi connectivity index (χ1) is 25.8. The Morgan fingerprint density at radius 1 is 0.821 bits per heavy atom. The van der Waals surface area contributed by atoms with E-state index in [1.54, 1.807) is 0 Å².